The van der Waals surface area contributed by atoms with Crippen LogP contribution in [-0.2, 0) is 9.59 Å². The molecule has 39 heavy (non-hydrogen) atoms. The van der Waals surface area contributed by atoms with E-state index in [2.05, 4.69) is 81.4 Å². The number of nitrogens with two attached hydrogens (primary N) is 3. The Morgan fingerprint density at radius 2 is 1.31 bits per heavy atom. The maximum absolute atomic E-state index is 11.6. The number of nitrogens with one attached hydrogen (secondary N) is 1. The summed E-state index contributed by atoms with van der Waals surface area (Å²) in [6, 6.07) is -0.0581. The second-order valence-electron chi connectivity index (χ2n) is 9.61. The van der Waals surface area contributed by atoms with Crippen molar-refractivity contribution in [1.82, 2.24) is 19.9 Å². The van der Waals surface area contributed by atoms with Crippen molar-refractivity contribution in [2.45, 2.75) is 24.9 Å². The topological polar surface area (TPSA) is 176 Å². The van der Waals surface area contributed by atoms with Gasteiger partial charge in [0.2, 0.25) is 22.4 Å². The first kappa shape index (κ1) is 30.1. The number of hydrogen-bond acceptors (Lipinski definition) is 8. The molecule has 0 aliphatic heterocycles. The lowest BCUT2D eigenvalue weighted by molar-refractivity contribution is -0.123. The second-order valence-corrected chi connectivity index (χ2v) is 12.4. The standard InChI is InChI=1S/C12H12BrClN4O.C8H12N2O.C4HBrCl2N2/c13-7-4-16-12(14)18-11(7)17-9-6-2-1-5(3-6)8(9)10(15)19;9-7-5-2-1-4(3-5)6(7)8(10)11;5-2-1-8-4(7)9-3(2)6/h1-2,4-6,8-9H,3H2,(H2,15,19)(H,16,17,18);1-2,4-7H,3,9H2,(H2,10,11);1H/t5-,6+,8+,9-;4-,5+,6+,7-;/m11./s1. The zero-order chi connectivity index (χ0) is 28.4. The maximum Gasteiger partial charge on any atom is 0.224 e. The first-order valence-electron chi connectivity index (χ1n) is 11.9. The summed E-state index contributed by atoms with van der Waals surface area (Å²) in [4.78, 5) is 37.9. The van der Waals surface area contributed by atoms with E-state index in [4.69, 9.17) is 52.0 Å². The van der Waals surface area contributed by atoms with Crippen molar-refractivity contribution in [3.05, 3.63) is 61.4 Å². The molecule has 8 atom stereocenters. The fourth-order valence-electron chi connectivity index (χ4n) is 5.60. The van der Waals surface area contributed by atoms with Crippen LogP contribution in [-0.4, -0.2) is 43.8 Å². The summed E-state index contributed by atoms with van der Waals surface area (Å²) >= 11 is 23.2. The Kier molecular flexibility index (Phi) is 9.87. The number of primary amides is 2. The van der Waals surface area contributed by atoms with Gasteiger partial charge in [-0.15, -0.1) is 0 Å². The van der Waals surface area contributed by atoms with Crippen molar-refractivity contribution in [2.75, 3.05) is 5.32 Å². The van der Waals surface area contributed by atoms with E-state index in [9.17, 15) is 9.59 Å². The molecule has 0 radical (unpaired) electrons. The molecular weight excluding hydrogens is 698 g/mol. The number of rotatable bonds is 4. The van der Waals surface area contributed by atoms with E-state index in [0.29, 0.717) is 37.7 Å². The van der Waals surface area contributed by atoms with Crippen LogP contribution in [0.2, 0.25) is 15.7 Å². The predicted octanol–water partition coefficient (Wildman–Crippen LogP) is 4.15. The summed E-state index contributed by atoms with van der Waals surface area (Å²) in [5.41, 5.74) is 16.5. The molecule has 2 heterocycles. The number of carbonyl (C=O) groups is 2. The number of nitrogens with zero attached hydrogens (tertiary/aromatic N) is 4. The SMILES string of the molecule is Clc1ncc(Br)c(Cl)n1.NC(=O)[C@@H]1[C@H](N)[C@H]2C=C[C@@H]1C2.NC(=O)[C@@H]1[C@H](Nc2nc(Cl)ncc2Br)[C@H]2C=C[C@@H]1C2. The molecule has 0 aromatic carbocycles. The van der Waals surface area contributed by atoms with Crippen LogP contribution in [0, 0.1) is 35.5 Å². The second kappa shape index (κ2) is 12.8. The normalized spacial score (nSPS) is 30.8. The van der Waals surface area contributed by atoms with E-state index in [-0.39, 0.29) is 52.2 Å². The summed E-state index contributed by atoms with van der Waals surface area (Å²) in [6.45, 7) is 0. The van der Waals surface area contributed by atoms with Crippen LogP contribution < -0.4 is 22.5 Å². The van der Waals surface area contributed by atoms with Crippen molar-refractivity contribution < 1.29 is 9.59 Å². The molecule has 0 spiro atoms. The maximum atomic E-state index is 11.6. The molecule has 10 nitrogen and oxygen atoms in total. The molecule has 2 aromatic heterocycles. The summed E-state index contributed by atoms with van der Waals surface area (Å²) in [6.07, 6.45) is 13.5. The smallest absolute Gasteiger partial charge is 0.224 e. The largest absolute Gasteiger partial charge is 0.369 e. The molecule has 15 heteroatoms. The van der Waals surface area contributed by atoms with Crippen LogP contribution >= 0.6 is 66.7 Å². The monoisotopic (exact) mass is 720 g/mol. The lowest BCUT2D eigenvalue weighted by atomic mass is 9.88. The summed E-state index contributed by atoms with van der Waals surface area (Å²) < 4.78 is 1.36. The highest BCUT2D eigenvalue weighted by Gasteiger charge is 2.48. The molecular formula is C24H25Br2Cl3N8O2. The fourth-order valence-corrected chi connectivity index (χ4v) is 6.53. The number of fused-ring (bicyclic) bond motifs is 4. The molecule has 4 aliphatic carbocycles. The number of carbonyl (C=O) groups excluding carboxylic acids is 2. The lowest BCUT2D eigenvalue weighted by Crippen LogP contribution is -2.41. The third kappa shape index (κ3) is 6.91. The van der Waals surface area contributed by atoms with E-state index in [0.717, 1.165) is 12.8 Å². The number of anilines is 1. The molecule has 2 aromatic rings. The van der Waals surface area contributed by atoms with Crippen LogP contribution in [0.4, 0.5) is 5.82 Å². The van der Waals surface area contributed by atoms with Crippen molar-refractivity contribution in [3.8, 4) is 0 Å². The van der Waals surface area contributed by atoms with Crippen LogP contribution in [0.3, 0.4) is 0 Å². The van der Waals surface area contributed by atoms with Crippen molar-refractivity contribution in [2.24, 2.45) is 52.7 Å². The minimum Gasteiger partial charge on any atom is -0.369 e. The minimum atomic E-state index is -0.273. The Morgan fingerprint density at radius 3 is 1.82 bits per heavy atom. The van der Waals surface area contributed by atoms with Gasteiger partial charge in [0.1, 0.15) is 11.0 Å². The number of aromatic nitrogens is 4. The molecule has 0 unspecified atom stereocenters. The minimum absolute atomic E-state index is 0.0255. The summed E-state index contributed by atoms with van der Waals surface area (Å²) in [5, 5.41) is 3.93. The van der Waals surface area contributed by atoms with Gasteiger partial charge in [0, 0.05) is 24.5 Å². The molecule has 4 aliphatic rings. The molecule has 2 amide bonds. The summed E-state index contributed by atoms with van der Waals surface area (Å²) in [7, 11) is 0. The fraction of sp³-hybridized carbons (Fsp3) is 0.417. The molecule has 6 rings (SSSR count). The first-order valence-corrected chi connectivity index (χ1v) is 14.7. The van der Waals surface area contributed by atoms with Crippen molar-refractivity contribution in [1.29, 1.82) is 0 Å². The molecule has 4 bridgehead atoms. The number of hydrogen-bond donors (Lipinski definition) is 4. The third-order valence-electron chi connectivity index (χ3n) is 7.33. The van der Waals surface area contributed by atoms with Gasteiger partial charge in [-0.1, -0.05) is 35.9 Å². The third-order valence-corrected chi connectivity index (χ3v) is 9.37. The molecule has 0 saturated heterocycles. The molecule has 208 valence electrons. The number of allylic oxidation sites excluding steroid dienone is 2. The molecule has 7 N–H and O–H groups in total. The van der Waals surface area contributed by atoms with E-state index >= 15 is 0 Å². The lowest BCUT2D eigenvalue weighted by Gasteiger charge is -2.27. The van der Waals surface area contributed by atoms with E-state index in [1.165, 1.54) is 6.20 Å². The van der Waals surface area contributed by atoms with Crippen molar-refractivity contribution >= 4 is 84.3 Å². The molecule has 2 fully saturated rings. The zero-order valence-electron chi connectivity index (χ0n) is 20.2. The first-order chi connectivity index (χ1) is 18.5. The van der Waals surface area contributed by atoms with Crippen LogP contribution in [0.1, 0.15) is 12.8 Å². The van der Waals surface area contributed by atoms with Gasteiger partial charge in [-0.25, -0.2) is 15.0 Å². The Hall–Kier alpha value is -1.83. The van der Waals surface area contributed by atoms with E-state index in [1.54, 1.807) is 6.20 Å². The van der Waals surface area contributed by atoms with Crippen LogP contribution in [0.5, 0.6) is 0 Å². The van der Waals surface area contributed by atoms with Gasteiger partial charge in [0.25, 0.3) is 0 Å². The quantitative estimate of drug-likeness (QED) is 0.207. The molecule has 2 saturated carbocycles. The predicted molar refractivity (Wildman–Crippen MR) is 157 cm³/mol. The van der Waals surface area contributed by atoms with Gasteiger partial charge in [-0.2, -0.15) is 4.98 Å². The highest BCUT2D eigenvalue weighted by atomic mass is 79.9. The van der Waals surface area contributed by atoms with Gasteiger partial charge in [0.15, 0.2) is 0 Å². The zero-order valence-corrected chi connectivity index (χ0v) is 25.7. The van der Waals surface area contributed by atoms with Gasteiger partial charge in [-0.05, 0) is 91.6 Å². The van der Waals surface area contributed by atoms with E-state index in [1.807, 2.05) is 0 Å². The van der Waals surface area contributed by atoms with Gasteiger partial charge in [0.05, 0.1) is 20.8 Å². The highest BCUT2D eigenvalue weighted by molar-refractivity contribution is 9.11. The Morgan fingerprint density at radius 1 is 0.795 bits per heavy atom. The Balaban J connectivity index is 0.000000149. The number of amides is 2. The Labute approximate surface area is 256 Å². The number of halogens is 5. The van der Waals surface area contributed by atoms with Gasteiger partial charge < -0.3 is 22.5 Å². The van der Waals surface area contributed by atoms with Gasteiger partial charge in [-0.3, -0.25) is 9.59 Å². The summed E-state index contributed by atoms with van der Waals surface area (Å²) in [5.74, 6) is 1.04. The average Bonchev–Trinajstić information content (AvgIpc) is 3.66. The van der Waals surface area contributed by atoms with Crippen molar-refractivity contribution in [3.63, 3.8) is 0 Å². The highest BCUT2D eigenvalue weighted by Crippen LogP contribution is 2.45. The average molecular weight is 724 g/mol. The van der Waals surface area contributed by atoms with E-state index < -0.39 is 0 Å². The van der Waals surface area contributed by atoms with Crippen LogP contribution in [0.25, 0.3) is 0 Å². The van der Waals surface area contributed by atoms with Crippen LogP contribution in [0.15, 0.2) is 45.6 Å². The Bertz CT molecular complexity index is 1320. The van der Waals surface area contributed by atoms with Gasteiger partial charge >= 0.3 is 0 Å².